The number of amides is 3. The van der Waals surface area contributed by atoms with Crippen molar-refractivity contribution in [2.75, 3.05) is 19.7 Å². The summed E-state index contributed by atoms with van der Waals surface area (Å²) in [5.74, 6) is -0.644. The lowest BCUT2D eigenvalue weighted by atomic mass is 10.1. The van der Waals surface area contributed by atoms with Crippen LogP contribution in [0.1, 0.15) is 40.5 Å². The van der Waals surface area contributed by atoms with Crippen molar-refractivity contribution in [1.29, 1.82) is 0 Å². The van der Waals surface area contributed by atoms with E-state index in [1.54, 1.807) is 31.2 Å². The van der Waals surface area contributed by atoms with Crippen LogP contribution in [0.15, 0.2) is 24.3 Å². The molecule has 1 fully saturated rings. The number of aliphatic hydroxyl groups is 1. The van der Waals surface area contributed by atoms with Gasteiger partial charge in [0.05, 0.1) is 23.8 Å². The molecular formula is C16H23N3O4. The average molecular weight is 321 g/mol. The van der Waals surface area contributed by atoms with Crippen molar-refractivity contribution in [1.82, 2.24) is 10.2 Å². The van der Waals surface area contributed by atoms with Gasteiger partial charge in [0.2, 0.25) is 6.41 Å². The van der Waals surface area contributed by atoms with E-state index in [2.05, 4.69) is 11.1 Å². The minimum atomic E-state index is -0.475. The molecule has 0 saturated carbocycles. The molecule has 1 atom stereocenters. The molecule has 126 valence electrons. The van der Waals surface area contributed by atoms with Gasteiger partial charge in [-0.2, -0.15) is 0 Å². The molecular weight excluding hydrogens is 298 g/mol. The lowest BCUT2D eigenvalue weighted by molar-refractivity contribution is -0.106. The third kappa shape index (κ3) is 4.87. The Morgan fingerprint density at radius 2 is 1.65 bits per heavy atom. The fraction of sp³-hybridized carbons (Fsp3) is 0.438. The molecule has 7 nitrogen and oxygen atoms in total. The molecule has 0 bridgehead atoms. The number of benzene rings is 1. The second-order valence-corrected chi connectivity index (χ2v) is 5.15. The Hall–Kier alpha value is -2.25. The van der Waals surface area contributed by atoms with Gasteiger partial charge in [-0.25, -0.2) is 0 Å². The topological polar surface area (TPSA) is 113 Å². The molecule has 1 aromatic carbocycles. The Labute approximate surface area is 135 Å². The van der Waals surface area contributed by atoms with Gasteiger partial charge in [-0.3, -0.25) is 19.3 Å². The van der Waals surface area contributed by atoms with Gasteiger partial charge >= 0.3 is 0 Å². The van der Waals surface area contributed by atoms with Crippen LogP contribution in [0.3, 0.4) is 0 Å². The summed E-state index contributed by atoms with van der Waals surface area (Å²) >= 11 is 0. The van der Waals surface area contributed by atoms with E-state index < -0.39 is 6.04 Å². The standard InChI is InChI=1S/C11H11NO3.C4H9N.CH3NO/c1-7(6-13)12-10(14)8-4-2-3-5-9(8)11(12)15;1-2-4-5-3-1;2-1-3/h2-5,7,13H,6H2,1H3;5H,1-4H2;1H,(H2,2,3). The van der Waals surface area contributed by atoms with Crippen LogP contribution >= 0.6 is 0 Å². The van der Waals surface area contributed by atoms with Crippen LogP contribution in [0.25, 0.3) is 0 Å². The summed E-state index contributed by atoms with van der Waals surface area (Å²) in [6, 6.07) is 6.21. The third-order valence-electron chi connectivity index (χ3n) is 3.49. The number of hydrogen-bond donors (Lipinski definition) is 3. The molecule has 23 heavy (non-hydrogen) atoms. The zero-order valence-electron chi connectivity index (χ0n) is 13.2. The minimum absolute atomic E-state index is 0.217. The highest BCUT2D eigenvalue weighted by Crippen LogP contribution is 2.23. The zero-order chi connectivity index (χ0) is 17.2. The van der Waals surface area contributed by atoms with Gasteiger partial charge in [0.15, 0.2) is 0 Å². The Bertz CT molecular complexity index is 501. The van der Waals surface area contributed by atoms with Crippen LogP contribution in [-0.4, -0.2) is 54.0 Å². The summed E-state index contributed by atoms with van der Waals surface area (Å²) in [6.45, 7) is 3.92. The van der Waals surface area contributed by atoms with Crippen LogP contribution in [0, 0.1) is 0 Å². The van der Waals surface area contributed by atoms with Crippen LogP contribution in [0.2, 0.25) is 0 Å². The number of aliphatic hydroxyl groups excluding tert-OH is 1. The van der Waals surface area contributed by atoms with E-state index >= 15 is 0 Å². The quantitative estimate of drug-likeness (QED) is 0.529. The van der Waals surface area contributed by atoms with Crippen LogP contribution in [0.4, 0.5) is 0 Å². The smallest absolute Gasteiger partial charge is 0.261 e. The normalized spacial score (nSPS) is 16.7. The molecule has 1 aromatic rings. The van der Waals surface area contributed by atoms with Gasteiger partial charge in [0.1, 0.15) is 0 Å². The number of hydrogen-bond acceptors (Lipinski definition) is 5. The summed E-state index contributed by atoms with van der Waals surface area (Å²) in [7, 11) is 0. The summed E-state index contributed by atoms with van der Waals surface area (Å²) in [5, 5.41) is 12.2. The molecule has 7 heteroatoms. The number of carbonyl (C=O) groups excluding carboxylic acids is 3. The summed E-state index contributed by atoms with van der Waals surface area (Å²) < 4.78 is 0. The predicted molar refractivity (Wildman–Crippen MR) is 85.8 cm³/mol. The number of rotatable bonds is 2. The van der Waals surface area contributed by atoms with Crippen molar-refractivity contribution < 1.29 is 19.5 Å². The SMILES string of the molecule is C1CCNC1.CC(CO)N1C(=O)c2ccccc2C1=O.NC=O. The highest BCUT2D eigenvalue weighted by molar-refractivity contribution is 6.21. The molecule has 1 saturated heterocycles. The summed E-state index contributed by atoms with van der Waals surface area (Å²) in [5.41, 5.74) is 5.01. The number of nitrogens with two attached hydrogens (primary N) is 1. The summed E-state index contributed by atoms with van der Waals surface area (Å²) in [4.78, 5) is 33.3. The number of primary amides is 1. The Balaban J connectivity index is 0.000000273. The van der Waals surface area contributed by atoms with Crippen LogP contribution < -0.4 is 11.1 Å². The number of nitrogens with zero attached hydrogens (tertiary/aromatic N) is 1. The molecule has 4 N–H and O–H groups in total. The number of nitrogens with one attached hydrogen (secondary N) is 1. The fourth-order valence-corrected chi connectivity index (χ4v) is 2.31. The van der Waals surface area contributed by atoms with E-state index in [4.69, 9.17) is 9.90 Å². The lowest BCUT2D eigenvalue weighted by Gasteiger charge is -2.19. The predicted octanol–water partition coefficient (Wildman–Crippen LogP) is 0.135. The van der Waals surface area contributed by atoms with Gasteiger partial charge < -0.3 is 16.2 Å². The van der Waals surface area contributed by atoms with Gasteiger partial charge in [-0.05, 0) is 45.0 Å². The van der Waals surface area contributed by atoms with E-state index in [0.29, 0.717) is 11.1 Å². The summed E-state index contributed by atoms with van der Waals surface area (Å²) in [6.07, 6.45) is 3.03. The molecule has 3 amide bonds. The largest absolute Gasteiger partial charge is 0.394 e. The van der Waals surface area contributed by atoms with E-state index in [1.165, 1.54) is 25.9 Å². The molecule has 2 heterocycles. The number of carbonyl (C=O) groups is 3. The van der Waals surface area contributed by atoms with Crippen molar-refractivity contribution in [2.45, 2.75) is 25.8 Å². The second-order valence-electron chi connectivity index (χ2n) is 5.15. The van der Waals surface area contributed by atoms with Crippen LogP contribution in [-0.2, 0) is 4.79 Å². The van der Waals surface area contributed by atoms with Crippen molar-refractivity contribution in [3.63, 3.8) is 0 Å². The molecule has 1 unspecified atom stereocenters. The van der Waals surface area contributed by atoms with Crippen molar-refractivity contribution in [3.8, 4) is 0 Å². The highest BCUT2D eigenvalue weighted by Gasteiger charge is 2.37. The number of imide groups is 1. The second kappa shape index (κ2) is 9.70. The van der Waals surface area contributed by atoms with Gasteiger partial charge in [-0.1, -0.05) is 12.1 Å². The maximum absolute atomic E-state index is 11.8. The average Bonchev–Trinajstić information content (AvgIpc) is 3.21. The third-order valence-corrected chi connectivity index (χ3v) is 3.49. The molecule has 2 aliphatic rings. The molecule has 2 aliphatic heterocycles. The molecule has 0 radical (unpaired) electrons. The molecule has 0 aliphatic carbocycles. The first kappa shape index (κ1) is 18.8. The fourth-order valence-electron chi connectivity index (χ4n) is 2.31. The van der Waals surface area contributed by atoms with E-state index in [1.807, 2.05) is 0 Å². The maximum Gasteiger partial charge on any atom is 0.261 e. The monoisotopic (exact) mass is 321 g/mol. The Kier molecular flexibility index (Phi) is 7.93. The minimum Gasteiger partial charge on any atom is -0.394 e. The van der Waals surface area contributed by atoms with Gasteiger partial charge in [-0.15, -0.1) is 0 Å². The zero-order valence-corrected chi connectivity index (χ0v) is 13.2. The molecule has 0 spiro atoms. The first-order chi connectivity index (χ1) is 11.1. The van der Waals surface area contributed by atoms with E-state index in [0.717, 1.165) is 4.90 Å². The Morgan fingerprint density at radius 3 is 1.96 bits per heavy atom. The molecule has 3 rings (SSSR count). The van der Waals surface area contributed by atoms with E-state index in [-0.39, 0.29) is 24.8 Å². The maximum atomic E-state index is 11.8. The highest BCUT2D eigenvalue weighted by atomic mass is 16.3. The van der Waals surface area contributed by atoms with E-state index in [9.17, 15) is 9.59 Å². The lowest BCUT2D eigenvalue weighted by Crippen LogP contribution is -2.40. The van der Waals surface area contributed by atoms with Crippen molar-refractivity contribution in [3.05, 3.63) is 35.4 Å². The van der Waals surface area contributed by atoms with Gasteiger partial charge in [0.25, 0.3) is 11.8 Å². The van der Waals surface area contributed by atoms with Gasteiger partial charge in [0, 0.05) is 0 Å². The van der Waals surface area contributed by atoms with Crippen molar-refractivity contribution in [2.24, 2.45) is 5.73 Å². The van der Waals surface area contributed by atoms with Crippen LogP contribution in [0.5, 0.6) is 0 Å². The number of fused-ring (bicyclic) bond motifs is 1. The first-order valence-electron chi connectivity index (χ1n) is 7.52. The van der Waals surface area contributed by atoms with Crippen molar-refractivity contribution >= 4 is 18.2 Å². The first-order valence-corrected chi connectivity index (χ1v) is 7.52. The Morgan fingerprint density at radius 1 is 1.22 bits per heavy atom. The molecule has 0 aromatic heterocycles.